The third-order valence-electron chi connectivity index (χ3n) is 5.11. The summed E-state index contributed by atoms with van der Waals surface area (Å²) in [5, 5.41) is 7.13. The van der Waals surface area contributed by atoms with Crippen LogP contribution in [-0.2, 0) is 4.74 Å². The van der Waals surface area contributed by atoms with Gasteiger partial charge in [0.1, 0.15) is 0 Å². The Morgan fingerprint density at radius 3 is 2.85 bits per heavy atom. The monoisotopic (exact) mass is 391 g/mol. The summed E-state index contributed by atoms with van der Waals surface area (Å²) in [6, 6.07) is 6.21. The van der Waals surface area contributed by atoms with E-state index in [1.807, 2.05) is 19.1 Å². The first-order chi connectivity index (χ1) is 13.0. The molecule has 0 saturated carbocycles. The number of likely N-dealkylation sites (tertiary alicyclic amines) is 1. The summed E-state index contributed by atoms with van der Waals surface area (Å²) in [5.74, 6) is -0.295. The Morgan fingerprint density at radius 2 is 2.15 bits per heavy atom. The maximum Gasteiger partial charge on any atom is 0.338 e. The first-order valence-electron chi connectivity index (χ1n) is 10.1. The van der Waals surface area contributed by atoms with E-state index in [2.05, 4.69) is 22.5 Å². The second-order valence-corrected chi connectivity index (χ2v) is 7.49. The van der Waals surface area contributed by atoms with E-state index in [-0.39, 0.29) is 5.97 Å². The van der Waals surface area contributed by atoms with Crippen LogP contribution in [0.25, 0.3) is 0 Å². The molecule has 1 aromatic rings. The number of carbonyl (C=O) groups is 1. The fourth-order valence-corrected chi connectivity index (χ4v) is 3.82. The normalized spacial score (nSPS) is 17.4. The Kier molecular flexibility index (Phi) is 9.01. The third-order valence-corrected chi connectivity index (χ3v) is 5.36. The lowest BCUT2D eigenvalue weighted by Crippen LogP contribution is -2.41. The first-order valence-corrected chi connectivity index (χ1v) is 10.5. The van der Waals surface area contributed by atoms with Crippen molar-refractivity contribution in [2.75, 3.05) is 31.6 Å². The van der Waals surface area contributed by atoms with Crippen molar-refractivity contribution in [3.05, 3.63) is 29.3 Å². The van der Waals surface area contributed by atoms with E-state index in [1.165, 1.54) is 32.2 Å². The van der Waals surface area contributed by atoms with Crippen LogP contribution in [0.4, 0.5) is 5.69 Å². The largest absolute Gasteiger partial charge is 0.462 e. The average Bonchev–Trinajstić information content (AvgIpc) is 2.67. The molecule has 150 valence electrons. The number of nitrogens with zero attached hydrogens (tertiary/aromatic N) is 1. The Labute approximate surface area is 168 Å². The van der Waals surface area contributed by atoms with E-state index in [0.29, 0.717) is 17.3 Å². The number of hydrogen-bond donors (Lipinski definition) is 2. The minimum Gasteiger partial charge on any atom is -0.462 e. The van der Waals surface area contributed by atoms with Crippen LogP contribution in [0.5, 0.6) is 0 Å². The summed E-state index contributed by atoms with van der Waals surface area (Å²) in [6.07, 6.45) is 6.36. The van der Waals surface area contributed by atoms with Crippen LogP contribution >= 0.6 is 12.2 Å². The van der Waals surface area contributed by atoms with E-state index < -0.39 is 0 Å². The molecule has 0 amide bonds. The molecule has 0 radical (unpaired) electrons. The highest BCUT2D eigenvalue weighted by Crippen LogP contribution is 2.19. The van der Waals surface area contributed by atoms with Crippen molar-refractivity contribution in [2.45, 2.75) is 58.9 Å². The van der Waals surface area contributed by atoms with E-state index in [4.69, 9.17) is 17.0 Å². The molecule has 0 aromatic heterocycles. The maximum atomic E-state index is 11.8. The van der Waals surface area contributed by atoms with Gasteiger partial charge in [-0.2, -0.15) is 0 Å². The van der Waals surface area contributed by atoms with Crippen molar-refractivity contribution in [1.82, 2.24) is 10.2 Å². The van der Waals surface area contributed by atoms with Gasteiger partial charge in [0.15, 0.2) is 5.11 Å². The third kappa shape index (κ3) is 6.78. The highest BCUT2D eigenvalue weighted by molar-refractivity contribution is 7.80. The molecule has 1 fully saturated rings. The molecule has 0 bridgehead atoms. The molecule has 1 saturated heterocycles. The zero-order valence-electron chi connectivity index (χ0n) is 16.8. The van der Waals surface area contributed by atoms with Crippen molar-refractivity contribution < 1.29 is 9.53 Å². The zero-order valence-corrected chi connectivity index (χ0v) is 17.7. The van der Waals surface area contributed by atoms with Gasteiger partial charge in [-0.15, -0.1) is 0 Å². The number of carbonyl (C=O) groups excluding carboxylic acids is 1. The number of benzene rings is 1. The predicted molar refractivity (Wildman–Crippen MR) is 115 cm³/mol. The highest BCUT2D eigenvalue weighted by atomic mass is 32.1. The number of anilines is 1. The van der Waals surface area contributed by atoms with Crippen molar-refractivity contribution >= 4 is 29.0 Å². The van der Waals surface area contributed by atoms with Crippen molar-refractivity contribution in [3.8, 4) is 0 Å². The molecule has 0 unspecified atom stereocenters. The summed E-state index contributed by atoms with van der Waals surface area (Å²) in [4.78, 5) is 14.4. The van der Waals surface area contributed by atoms with Crippen molar-refractivity contribution in [1.29, 1.82) is 0 Å². The summed E-state index contributed by atoms with van der Waals surface area (Å²) in [6.45, 7) is 9.64. The van der Waals surface area contributed by atoms with Crippen molar-refractivity contribution in [3.63, 3.8) is 0 Å². The van der Waals surface area contributed by atoms with E-state index in [0.717, 1.165) is 36.8 Å². The summed E-state index contributed by atoms with van der Waals surface area (Å²) in [7, 11) is 0. The van der Waals surface area contributed by atoms with Crippen LogP contribution in [-0.4, -0.2) is 48.3 Å². The SMILES string of the molecule is CCOC(=O)c1ccc(NC(=S)NCCCN2CCCC[C@@H]2CC)c(C)c1. The predicted octanol–water partition coefficient (Wildman–Crippen LogP) is 4.11. The van der Waals surface area contributed by atoms with Crippen LogP contribution in [0.15, 0.2) is 18.2 Å². The molecule has 1 aliphatic heterocycles. The Balaban J connectivity index is 1.74. The molecule has 1 aliphatic rings. The van der Waals surface area contributed by atoms with Gasteiger partial charge in [-0.25, -0.2) is 4.79 Å². The molecule has 0 spiro atoms. The minimum absolute atomic E-state index is 0.295. The van der Waals surface area contributed by atoms with Gasteiger partial charge in [0.2, 0.25) is 0 Å². The number of piperidine rings is 1. The molecule has 1 atom stereocenters. The highest BCUT2D eigenvalue weighted by Gasteiger charge is 2.19. The Morgan fingerprint density at radius 1 is 1.33 bits per heavy atom. The topological polar surface area (TPSA) is 53.6 Å². The second kappa shape index (κ2) is 11.2. The molecular weight excluding hydrogens is 358 g/mol. The first kappa shape index (κ1) is 21.6. The lowest BCUT2D eigenvalue weighted by atomic mass is 10.00. The van der Waals surface area contributed by atoms with Gasteiger partial charge in [-0.05, 0) is 82.1 Å². The maximum absolute atomic E-state index is 11.8. The standard InChI is InChI=1S/C21H33N3O2S/c1-4-18-9-6-7-13-24(18)14-8-12-22-21(27)23-19-11-10-17(15-16(19)3)20(25)26-5-2/h10-11,15,18H,4-9,12-14H2,1-3H3,(H2,22,23,27)/t18-/m0/s1. The van der Waals surface area contributed by atoms with E-state index in [9.17, 15) is 4.79 Å². The average molecular weight is 392 g/mol. The van der Waals surface area contributed by atoms with Gasteiger partial charge >= 0.3 is 5.97 Å². The van der Waals surface area contributed by atoms with Crippen LogP contribution in [0, 0.1) is 6.92 Å². The Bertz CT molecular complexity index is 636. The molecule has 5 nitrogen and oxygen atoms in total. The van der Waals surface area contributed by atoms with Gasteiger partial charge in [0.25, 0.3) is 0 Å². The number of thiocarbonyl (C=S) groups is 1. The second-order valence-electron chi connectivity index (χ2n) is 7.08. The van der Waals surface area contributed by atoms with Gasteiger partial charge < -0.3 is 20.3 Å². The molecule has 6 heteroatoms. The smallest absolute Gasteiger partial charge is 0.338 e. The number of nitrogens with one attached hydrogen (secondary N) is 2. The number of aryl methyl sites for hydroxylation is 1. The lowest BCUT2D eigenvalue weighted by Gasteiger charge is -2.35. The van der Waals surface area contributed by atoms with Crippen LogP contribution < -0.4 is 10.6 Å². The molecule has 2 N–H and O–H groups in total. The lowest BCUT2D eigenvalue weighted by molar-refractivity contribution is 0.0526. The molecule has 27 heavy (non-hydrogen) atoms. The fourth-order valence-electron chi connectivity index (χ4n) is 3.61. The quantitative estimate of drug-likeness (QED) is 0.395. The van der Waals surface area contributed by atoms with Crippen LogP contribution in [0.2, 0.25) is 0 Å². The van der Waals surface area contributed by atoms with E-state index >= 15 is 0 Å². The summed E-state index contributed by atoms with van der Waals surface area (Å²) < 4.78 is 5.03. The summed E-state index contributed by atoms with van der Waals surface area (Å²) >= 11 is 5.41. The Hall–Kier alpha value is -1.66. The number of rotatable bonds is 8. The van der Waals surface area contributed by atoms with Gasteiger partial charge in [0, 0.05) is 24.8 Å². The van der Waals surface area contributed by atoms with Gasteiger partial charge in [-0.3, -0.25) is 0 Å². The fraction of sp³-hybridized carbons (Fsp3) is 0.619. The van der Waals surface area contributed by atoms with Crippen LogP contribution in [0.3, 0.4) is 0 Å². The minimum atomic E-state index is -0.295. The zero-order chi connectivity index (χ0) is 19.6. The molecule has 1 aromatic carbocycles. The molecule has 2 rings (SSSR count). The van der Waals surface area contributed by atoms with Gasteiger partial charge in [-0.1, -0.05) is 13.3 Å². The van der Waals surface area contributed by atoms with Gasteiger partial charge in [0.05, 0.1) is 12.2 Å². The molecular formula is C21H33N3O2S. The number of hydrogen-bond acceptors (Lipinski definition) is 4. The molecule has 0 aliphatic carbocycles. The van der Waals surface area contributed by atoms with E-state index in [1.54, 1.807) is 13.0 Å². The van der Waals surface area contributed by atoms with Crippen molar-refractivity contribution in [2.24, 2.45) is 0 Å². The van der Waals surface area contributed by atoms with Crippen LogP contribution in [0.1, 0.15) is 61.9 Å². The summed E-state index contributed by atoms with van der Waals surface area (Å²) in [5.41, 5.74) is 2.43. The number of ether oxygens (including phenoxy) is 1. The number of esters is 1. The molecule has 1 heterocycles.